The molecule has 0 saturated carbocycles. The highest BCUT2D eigenvalue weighted by Crippen LogP contribution is 2.41. The van der Waals surface area contributed by atoms with Crippen LogP contribution in [0.3, 0.4) is 0 Å². The van der Waals surface area contributed by atoms with Gasteiger partial charge >= 0.3 is 0 Å². The summed E-state index contributed by atoms with van der Waals surface area (Å²) < 4.78 is 0. The third-order valence-corrected chi connectivity index (χ3v) is 9.29. The van der Waals surface area contributed by atoms with E-state index in [0.717, 1.165) is 12.8 Å². The van der Waals surface area contributed by atoms with Gasteiger partial charge in [0.05, 0.1) is 0 Å². The molecule has 5 rings (SSSR count). The molecule has 0 bridgehead atoms. The Morgan fingerprint density at radius 1 is 0.405 bits per heavy atom. The van der Waals surface area contributed by atoms with Crippen molar-refractivity contribution in [2.45, 2.75) is 80.1 Å². The van der Waals surface area contributed by atoms with Gasteiger partial charge in [-0.15, -0.1) is 0 Å². The average molecular weight is 551 g/mol. The van der Waals surface area contributed by atoms with Crippen molar-refractivity contribution in [1.29, 1.82) is 0 Å². The Balaban J connectivity index is 1.60. The van der Waals surface area contributed by atoms with Crippen LogP contribution >= 0.6 is 0 Å². The van der Waals surface area contributed by atoms with Crippen molar-refractivity contribution in [2.75, 3.05) is 0 Å². The van der Waals surface area contributed by atoms with Crippen molar-refractivity contribution >= 4 is 0 Å². The molecule has 0 heterocycles. The van der Waals surface area contributed by atoms with E-state index in [4.69, 9.17) is 0 Å². The summed E-state index contributed by atoms with van der Waals surface area (Å²) in [6, 6.07) is 37.0. The van der Waals surface area contributed by atoms with Gasteiger partial charge in [0, 0.05) is 0 Å². The van der Waals surface area contributed by atoms with Crippen LogP contribution < -0.4 is 0 Å². The van der Waals surface area contributed by atoms with E-state index in [2.05, 4.69) is 152 Å². The summed E-state index contributed by atoms with van der Waals surface area (Å²) in [6.45, 7) is 18.1. The Bertz CT molecular complexity index is 1550. The van der Waals surface area contributed by atoms with Crippen molar-refractivity contribution in [3.05, 3.63) is 130 Å². The second kappa shape index (κ2) is 12.5. The molecule has 214 valence electrons. The van der Waals surface area contributed by atoms with Crippen LogP contribution in [0.25, 0.3) is 44.5 Å². The summed E-state index contributed by atoms with van der Waals surface area (Å²) in [4.78, 5) is 0. The fourth-order valence-electron chi connectivity index (χ4n) is 6.32. The zero-order valence-corrected chi connectivity index (χ0v) is 26.8. The molecule has 0 aliphatic carbocycles. The van der Waals surface area contributed by atoms with E-state index < -0.39 is 0 Å². The van der Waals surface area contributed by atoms with Crippen molar-refractivity contribution in [3.8, 4) is 44.5 Å². The van der Waals surface area contributed by atoms with Gasteiger partial charge in [-0.3, -0.25) is 0 Å². The maximum absolute atomic E-state index is 2.51. The highest BCUT2D eigenvalue weighted by Gasteiger charge is 2.19. The van der Waals surface area contributed by atoms with Gasteiger partial charge < -0.3 is 0 Å². The zero-order chi connectivity index (χ0) is 30.0. The average Bonchev–Trinajstić information content (AvgIpc) is 3.00. The van der Waals surface area contributed by atoms with Gasteiger partial charge in [0.25, 0.3) is 0 Å². The van der Waals surface area contributed by atoms with Crippen molar-refractivity contribution in [1.82, 2.24) is 0 Å². The molecule has 0 nitrogen and oxygen atoms in total. The van der Waals surface area contributed by atoms with E-state index in [1.165, 1.54) is 77.9 Å². The minimum absolute atomic E-state index is 0.471. The van der Waals surface area contributed by atoms with E-state index >= 15 is 0 Å². The number of hydrogen-bond donors (Lipinski definition) is 0. The number of benzene rings is 5. The monoisotopic (exact) mass is 550 g/mol. The van der Waals surface area contributed by atoms with Crippen LogP contribution in [0.2, 0.25) is 0 Å². The van der Waals surface area contributed by atoms with Gasteiger partial charge in [-0.05, 0) is 131 Å². The first-order chi connectivity index (χ1) is 20.2. The molecule has 0 fully saturated rings. The molecule has 0 amide bonds. The molecule has 0 aliphatic rings. The van der Waals surface area contributed by atoms with Crippen LogP contribution in [-0.4, -0.2) is 0 Å². The van der Waals surface area contributed by atoms with Crippen LogP contribution in [0.15, 0.2) is 97.1 Å². The Morgan fingerprint density at radius 3 is 1.00 bits per heavy atom. The Morgan fingerprint density at radius 2 is 0.714 bits per heavy atom. The number of hydrogen-bond acceptors (Lipinski definition) is 0. The molecule has 0 N–H and O–H groups in total. The Labute approximate surface area is 254 Å². The van der Waals surface area contributed by atoms with Gasteiger partial charge in [-0.1, -0.05) is 124 Å². The molecule has 2 unspecified atom stereocenters. The van der Waals surface area contributed by atoms with Crippen LogP contribution in [0.4, 0.5) is 0 Å². The van der Waals surface area contributed by atoms with Crippen LogP contribution in [-0.2, 0) is 0 Å². The fraction of sp³-hybridized carbons (Fsp3) is 0.286. The topological polar surface area (TPSA) is 0 Å². The molecule has 2 atom stereocenters. The predicted molar refractivity (Wildman–Crippen MR) is 185 cm³/mol. The summed E-state index contributed by atoms with van der Waals surface area (Å²) in [5.74, 6) is 0.941. The molecule has 0 spiro atoms. The minimum atomic E-state index is 0.471. The van der Waals surface area contributed by atoms with Crippen LogP contribution in [0.5, 0.6) is 0 Å². The highest BCUT2D eigenvalue weighted by atomic mass is 14.2. The summed E-state index contributed by atoms with van der Waals surface area (Å²) in [5.41, 5.74) is 18.7. The second-order valence-electron chi connectivity index (χ2n) is 12.4. The van der Waals surface area contributed by atoms with Gasteiger partial charge in [0.1, 0.15) is 0 Å². The van der Waals surface area contributed by atoms with Gasteiger partial charge in [-0.25, -0.2) is 0 Å². The third-order valence-electron chi connectivity index (χ3n) is 9.29. The van der Waals surface area contributed by atoms with E-state index in [-0.39, 0.29) is 0 Å². The lowest BCUT2D eigenvalue weighted by Crippen LogP contribution is -2.02. The summed E-state index contributed by atoms with van der Waals surface area (Å²) >= 11 is 0. The van der Waals surface area contributed by atoms with Crippen molar-refractivity contribution < 1.29 is 0 Å². The number of rotatable bonds is 8. The van der Waals surface area contributed by atoms with Gasteiger partial charge in [-0.2, -0.15) is 0 Å². The highest BCUT2D eigenvalue weighted by molar-refractivity contribution is 5.81. The van der Waals surface area contributed by atoms with E-state index in [1.54, 1.807) is 0 Å². The lowest BCUT2D eigenvalue weighted by Gasteiger charge is -2.23. The zero-order valence-electron chi connectivity index (χ0n) is 26.8. The minimum Gasteiger partial charge on any atom is -0.0648 e. The molecule has 0 saturated heterocycles. The van der Waals surface area contributed by atoms with Gasteiger partial charge in [0.2, 0.25) is 0 Å². The summed E-state index contributed by atoms with van der Waals surface area (Å²) in [6.07, 6.45) is 2.23. The lowest BCUT2D eigenvalue weighted by atomic mass is 9.81. The molecule has 0 aliphatic heterocycles. The molecule has 0 heteroatoms. The normalized spacial score (nSPS) is 12.8. The van der Waals surface area contributed by atoms with Gasteiger partial charge in [0.15, 0.2) is 0 Å². The Hall–Kier alpha value is -3.90. The predicted octanol–water partition coefficient (Wildman–Crippen LogP) is 12.6. The standard InChI is InChI=1S/C42H46/c1-9-29(5)39-25-42(36-19-15-34(16-20-36)38-22-12-28(4)24-32(38)8)40(30(6)10-2)26-41(39)35-17-13-33(14-18-35)37-21-11-27(3)23-31(37)7/h11-26,29-30H,9-10H2,1-8H3. The smallest absolute Gasteiger partial charge is 0.0146 e. The second-order valence-corrected chi connectivity index (χ2v) is 12.4. The molecule has 0 radical (unpaired) electrons. The van der Waals surface area contributed by atoms with E-state index in [9.17, 15) is 0 Å². The quantitative estimate of drug-likeness (QED) is 0.180. The van der Waals surface area contributed by atoms with Crippen LogP contribution in [0, 0.1) is 27.7 Å². The summed E-state index contributed by atoms with van der Waals surface area (Å²) in [5, 5.41) is 0. The van der Waals surface area contributed by atoms with Crippen LogP contribution in [0.1, 0.15) is 85.8 Å². The Kier molecular flexibility index (Phi) is 8.83. The summed E-state index contributed by atoms with van der Waals surface area (Å²) in [7, 11) is 0. The molecule has 42 heavy (non-hydrogen) atoms. The molecular weight excluding hydrogens is 504 g/mol. The fourth-order valence-corrected chi connectivity index (χ4v) is 6.32. The number of aryl methyl sites for hydroxylation is 4. The molecule has 0 aromatic heterocycles. The van der Waals surface area contributed by atoms with E-state index in [1.807, 2.05) is 0 Å². The van der Waals surface area contributed by atoms with E-state index in [0.29, 0.717) is 11.8 Å². The maximum Gasteiger partial charge on any atom is -0.0146 e. The van der Waals surface area contributed by atoms with Crippen molar-refractivity contribution in [2.24, 2.45) is 0 Å². The first-order valence-electron chi connectivity index (χ1n) is 15.7. The first kappa shape index (κ1) is 29.6. The first-order valence-corrected chi connectivity index (χ1v) is 15.7. The third kappa shape index (κ3) is 6.00. The molecule has 5 aromatic rings. The molecular formula is C42H46. The molecule has 5 aromatic carbocycles. The SMILES string of the molecule is CCC(C)c1cc(-c2ccc(-c3ccc(C)cc3C)cc2)c(C(C)CC)cc1-c1ccc(-c2ccc(C)cc2C)cc1. The lowest BCUT2D eigenvalue weighted by molar-refractivity contribution is 0.722. The van der Waals surface area contributed by atoms with Crippen molar-refractivity contribution in [3.63, 3.8) is 0 Å². The largest absolute Gasteiger partial charge is 0.0648 e. The maximum atomic E-state index is 2.51.